The number of halogens is 2. The average Bonchev–Trinajstić information content (AvgIpc) is 2.94. The molecule has 2 aliphatic heterocycles. The second kappa shape index (κ2) is 7.64. The van der Waals surface area contributed by atoms with Crippen LogP contribution in [0.15, 0.2) is 48.2 Å². The SMILES string of the molecule is Cc1cc(Cl)ccc1N1C(=O)C(c2ccc(F)cc2)=C(N2CCC(C)CC2)C1=O. The Labute approximate surface area is 174 Å². The molecule has 2 aromatic carbocycles. The number of nitrogens with zero attached hydrogens (tertiary/aromatic N) is 2. The van der Waals surface area contributed by atoms with Crippen molar-refractivity contribution in [3.63, 3.8) is 0 Å². The van der Waals surface area contributed by atoms with Crippen molar-refractivity contribution < 1.29 is 14.0 Å². The molecule has 6 heteroatoms. The van der Waals surface area contributed by atoms with Gasteiger partial charge in [-0.25, -0.2) is 9.29 Å². The fraction of sp³-hybridized carbons (Fsp3) is 0.304. The van der Waals surface area contributed by atoms with Crippen LogP contribution < -0.4 is 4.90 Å². The minimum atomic E-state index is -0.388. The molecule has 4 rings (SSSR count). The Morgan fingerprint density at radius 2 is 1.66 bits per heavy atom. The van der Waals surface area contributed by atoms with E-state index in [2.05, 4.69) is 6.92 Å². The van der Waals surface area contributed by atoms with E-state index < -0.39 is 0 Å². The largest absolute Gasteiger partial charge is 0.366 e. The molecule has 0 radical (unpaired) electrons. The van der Waals surface area contributed by atoms with Gasteiger partial charge in [0, 0.05) is 18.1 Å². The molecule has 1 fully saturated rings. The molecule has 0 unspecified atom stereocenters. The van der Waals surface area contributed by atoms with Crippen LogP contribution in [0, 0.1) is 18.7 Å². The lowest BCUT2D eigenvalue weighted by Gasteiger charge is -2.32. The number of rotatable bonds is 3. The molecule has 150 valence electrons. The number of hydrogen-bond acceptors (Lipinski definition) is 3. The van der Waals surface area contributed by atoms with Crippen LogP contribution in [0.5, 0.6) is 0 Å². The van der Waals surface area contributed by atoms with Gasteiger partial charge < -0.3 is 4.90 Å². The highest BCUT2D eigenvalue weighted by Gasteiger charge is 2.43. The van der Waals surface area contributed by atoms with Crippen molar-refractivity contribution in [2.45, 2.75) is 26.7 Å². The standard InChI is InChI=1S/C23H22ClFN2O2/c1-14-9-11-26(12-10-14)21-20(16-3-6-18(25)7-4-16)22(28)27(23(21)29)19-8-5-17(24)13-15(19)2/h3-8,13-14H,9-12H2,1-2H3. The summed E-state index contributed by atoms with van der Waals surface area (Å²) in [4.78, 5) is 30.2. The van der Waals surface area contributed by atoms with Gasteiger partial charge in [0.15, 0.2) is 0 Å². The van der Waals surface area contributed by atoms with E-state index >= 15 is 0 Å². The zero-order chi connectivity index (χ0) is 20.7. The number of imide groups is 1. The predicted molar refractivity (Wildman–Crippen MR) is 112 cm³/mol. The van der Waals surface area contributed by atoms with Crippen LogP contribution in [0.1, 0.15) is 30.9 Å². The molecule has 1 saturated heterocycles. The van der Waals surface area contributed by atoms with Gasteiger partial charge in [0.05, 0.1) is 11.3 Å². The van der Waals surface area contributed by atoms with Crippen molar-refractivity contribution in [2.75, 3.05) is 18.0 Å². The van der Waals surface area contributed by atoms with Crippen molar-refractivity contribution >= 4 is 34.7 Å². The summed E-state index contributed by atoms with van der Waals surface area (Å²) in [5.74, 6) is -0.525. The maximum absolute atomic E-state index is 13.5. The summed E-state index contributed by atoms with van der Waals surface area (Å²) in [6.07, 6.45) is 1.92. The topological polar surface area (TPSA) is 40.6 Å². The number of hydrogen-bond donors (Lipinski definition) is 0. The van der Waals surface area contributed by atoms with E-state index in [1.54, 1.807) is 30.3 Å². The molecule has 0 aromatic heterocycles. The quantitative estimate of drug-likeness (QED) is 0.679. The number of benzene rings is 2. The Balaban J connectivity index is 1.82. The minimum Gasteiger partial charge on any atom is -0.366 e. The van der Waals surface area contributed by atoms with Gasteiger partial charge in [0.25, 0.3) is 11.8 Å². The summed E-state index contributed by atoms with van der Waals surface area (Å²) in [7, 11) is 0. The van der Waals surface area contributed by atoms with E-state index in [1.807, 2.05) is 11.8 Å². The summed E-state index contributed by atoms with van der Waals surface area (Å²) in [6, 6.07) is 10.8. The van der Waals surface area contributed by atoms with E-state index in [1.165, 1.54) is 17.0 Å². The van der Waals surface area contributed by atoms with Crippen LogP contribution in [0.2, 0.25) is 5.02 Å². The third-order valence-electron chi connectivity index (χ3n) is 5.69. The van der Waals surface area contributed by atoms with Crippen LogP contribution in [-0.4, -0.2) is 29.8 Å². The Hall–Kier alpha value is -2.66. The highest BCUT2D eigenvalue weighted by molar-refractivity contribution is 6.45. The monoisotopic (exact) mass is 412 g/mol. The Bertz CT molecular complexity index is 1010. The highest BCUT2D eigenvalue weighted by atomic mass is 35.5. The molecule has 0 aliphatic carbocycles. The first-order valence-corrected chi connectivity index (χ1v) is 10.1. The van der Waals surface area contributed by atoms with Crippen LogP contribution in [0.3, 0.4) is 0 Å². The van der Waals surface area contributed by atoms with Gasteiger partial charge in [0.1, 0.15) is 11.5 Å². The first-order chi connectivity index (χ1) is 13.9. The Morgan fingerprint density at radius 3 is 2.28 bits per heavy atom. The summed E-state index contributed by atoms with van der Waals surface area (Å²) < 4.78 is 13.5. The van der Waals surface area contributed by atoms with Crippen molar-refractivity contribution in [2.24, 2.45) is 5.92 Å². The fourth-order valence-corrected chi connectivity index (χ4v) is 4.24. The van der Waals surface area contributed by atoms with E-state index in [0.717, 1.165) is 18.4 Å². The van der Waals surface area contributed by atoms with Gasteiger partial charge >= 0.3 is 0 Å². The lowest BCUT2D eigenvalue weighted by atomic mass is 9.97. The lowest BCUT2D eigenvalue weighted by Crippen LogP contribution is -2.38. The third kappa shape index (κ3) is 3.55. The molecule has 2 aliphatic rings. The zero-order valence-electron chi connectivity index (χ0n) is 16.4. The molecular weight excluding hydrogens is 391 g/mol. The highest BCUT2D eigenvalue weighted by Crippen LogP contribution is 2.37. The van der Waals surface area contributed by atoms with Crippen LogP contribution >= 0.6 is 11.6 Å². The van der Waals surface area contributed by atoms with Crippen LogP contribution in [0.4, 0.5) is 10.1 Å². The second-order valence-electron chi connectivity index (χ2n) is 7.78. The van der Waals surface area contributed by atoms with Gasteiger partial charge in [-0.05, 0) is 67.1 Å². The summed E-state index contributed by atoms with van der Waals surface area (Å²) in [6.45, 7) is 5.44. The molecule has 2 heterocycles. The number of piperidine rings is 1. The molecule has 0 N–H and O–H groups in total. The summed E-state index contributed by atoms with van der Waals surface area (Å²) in [5, 5.41) is 0.544. The molecular formula is C23H22ClFN2O2. The number of likely N-dealkylation sites (tertiary alicyclic amines) is 1. The van der Waals surface area contributed by atoms with Gasteiger partial charge in [-0.1, -0.05) is 30.7 Å². The summed E-state index contributed by atoms with van der Waals surface area (Å²) in [5.41, 5.74) is 2.55. The number of aryl methyl sites for hydroxylation is 1. The third-order valence-corrected chi connectivity index (χ3v) is 5.93. The molecule has 0 saturated carbocycles. The Kier molecular flexibility index (Phi) is 5.17. The van der Waals surface area contributed by atoms with Crippen LogP contribution in [-0.2, 0) is 9.59 Å². The van der Waals surface area contributed by atoms with Gasteiger partial charge in [0.2, 0.25) is 0 Å². The molecule has 2 aromatic rings. The van der Waals surface area contributed by atoms with Crippen molar-refractivity contribution in [3.8, 4) is 0 Å². The smallest absolute Gasteiger partial charge is 0.282 e. The van der Waals surface area contributed by atoms with Crippen molar-refractivity contribution in [1.29, 1.82) is 0 Å². The van der Waals surface area contributed by atoms with E-state index in [4.69, 9.17) is 11.6 Å². The predicted octanol–water partition coefficient (Wildman–Crippen LogP) is 4.80. The van der Waals surface area contributed by atoms with E-state index in [-0.39, 0.29) is 17.6 Å². The van der Waals surface area contributed by atoms with E-state index in [9.17, 15) is 14.0 Å². The Morgan fingerprint density at radius 1 is 1.00 bits per heavy atom. The van der Waals surface area contributed by atoms with Gasteiger partial charge in [-0.2, -0.15) is 0 Å². The molecule has 2 amide bonds. The number of anilines is 1. The van der Waals surface area contributed by atoms with Crippen LogP contribution in [0.25, 0.3) is 5.57 Å². The van der Waals surface area contributed by atoms with Gasteiger partial charge in [-0.3, -0.25) is 9.59 Å². The maximum Gasteiger partial charge on any atom is 0.282 e. The molecule has 4 nitrogen and oxygen atoms in total. The summed E-state index contributed by atoms with van der Waals surface area (Å²) >= 11 is 6.06. The minimum absolute atomic E-state index is 0.332. The van der Waals surface area contributed by atoms with Crippen molar-refractivity contribution in [1.82, 2.24) is 4.90 Å². The number of amides is 2. The van der Waals surface area contributed by atoms with E-state index in [0.29, 0.717) is 46.6 Å². The zero-order valence-corrected chi connectivity index (χ0v) is 17.2. The first kappa shape index (κ1) is 19.6. The fourth-order valence-electron chi connectivity index (χ4n) is 4.01. The normalized spacial score (nSPS) is 18.2. The maximum atomic E-state index is 13.5. The number of carbonyl (C=O) groups excluding carboxylic acids is 2. The second-order valence-corrected chi connectivity index (χ2v) is 8.21. The van der Waals surface area contributed by atoms with Gasteiger partial charge in [-0.15, -0.1) is 0 Å². The lowest BCUT2D eigenvalue weighted by molar-refractivity contribution is -0.120. The first-order valence-electron chi connectivity index (χ1n) is 9.77. The molecule has 29 heavy (non-hydrogen) atoms. The number of carbonyl (C=O) groups is 2. The molecule has 0 atom stereocenters. The average molecular weight is 413 g/mol. The molecule has 0 bridgehead atoms. The molecule has 0 spiro atoms. The van der Waals surface area contributed by atoms with Crippen molar-refractivity contribution in [3.05, 3.63) is 70.1 Å².